The van der Waals surface area contributed by atoms with Gasteiger partial charge in [-0.25, -0.2) is 14.4 Å². The fourth-order valence-electron chi connectivity index (χ4n) is 4.31. The molecule has 11 nitrogen and oxygen atoms in total. The van der Waals surface area contributed by atoms with Gasteiger partial charge < -0.3 is 30.0 Å². The normalized spacial score (nSPS) is 12.1. The molecule has 4 rings (SSSR count). The van der Waals surface area contributed by atoms with Crippen molar-refractivity contribution in [2.45, 2.75) is 111 Å². The number of aromatic nitrogens is 2. The molecule has 0 bridgehead atoms. The first kappa shape index (κ1) is 48.7. The molecular weight excluding hydrogens is 832 g/mol. The van der Waals surface area contributed by atoms with Crippen molar-refractivity contribution in [3.63, 3.8) is 0 Å². The number of carbonyl (C=O) groups excluding carboxylic acids is 3. The molecule has 1 amide bonds. The van der Waals surface area contributed by atoms with Crippen LogP contribution in [0.5, 0.6) is 0 Å². The van der Waals surface area contributed by atoms with Crippen LogP contribution in [0.3, 0.4) is 0 Å². The molecule has 0 unspecified atom stereocenters. The zero-order valence-electron chi connectivity index (χ0n) is 32.4. The molecule has 3 N–H and O–H groups in total. The fraction of sp³-hybridized carbons (Fsp3) is 0.405. The first-order valence-electron chi connectivity index (χ1n) is 17.3. The summed E-state index contributed by atoms with van der Waals surface area (Å²) in [4.78, 5) is 42.9. The molecule has 0 aliphatic rings. The molecule has 13 heteroatoms. The van der Waals surface area contributed by atoms with E-state index in [2.05, 4.69) is 64.0 Å². The van der Waals surface area contributed by atoms with E-state index in [4.69, 9.17) is 19.9 Å². The number of benzene rings is 2. The Hall–Kier alpha value is -4.33. The van der Waals surface area contributed by atoms with Crippen LogP contribution in [0.15, 0.2) is 106 Å². The molecule has 2 atom stereocenters. The summed E-state index contributed by atoms with van der Waals surface area (Å²) in [6, 6.07) is 27.7. The van der Waals surface area contributed by atoms with Crippen LogP contribution in [0, 0.1) is 0 Å². The van der Waals surface area contributed by atoms with Crippen LogP contribution in [-0.2, 0) is 31.8 Å². The van der Waals surface area contributed by atoms with E-state index in [1.54, 1.807) is 53.9 Å². The molecule has 0 aliphatic heterocycles. The standard InChI is InChI=1S/C18H21BrN2O2.C13H13BrN2.C10H18O5.CH4/c1-18(2,3)23-17(22)21-16(11-13-7-5-4-6-8-13)15-10-9-14(19)12-20-15;14-11-6-7-13(16-9-11)12(15)8-10-4-2-1-3-5-10;1-9(2,3)14-7(11)13-8(12)15-10(4,5)6;/h4-10,12,16H,11H2,1-3H3,(H,21,22);1-7,9,12H,8,15H2;1-6H3;1H4/t16-;12-;;/m00../s1. The number of rotatable bonds is 7. The minimum atomic E-state index is -1.06. The van der Waals surface area contributed by atoms with E-state index < -0.39 is 35.2 Å². The largest absolute Gasteiger partial charge is 0.519 e. The third-order valence-electron chi connectivity index (χ3n) is 6.46. The van der Waals surface area contributed by atoms with E-state index in [9.17, 15) is 14.4 Å². The van der Waals surface area contributed by atoms with E-state index >= 15 is 0 Å². The Morgan fingerprint density at radius 2 is 1.02 bits per heavy atom. The maximum absolute atomic E-state index is 12.1. The molecule has 2 aromatic heterocycles. The van der Waals surface area contributed by atoms with Gasteiger partial charge in [0.15, 0.2) is 0 Å². The molecule has 0 aliphatic carbocycles. The highest BCUT2D eigenvalue weighted by Gasteiger charge is 2.25. The van der Waals surface area contributed by atoms with Crippen molar-refractivity contribution >= 4 is 50.3 Å². The van der Waals surface area contributed by atoms with Crippen molar-refractivity contribution in [2.75, 3.05) is 0 Å². The summed E-state index contributed by atoms with van der Waals surface area (Å²) in [5.41, 5.74) is 8.25. The van der Waals surface area contributed by atoms with Gasteiger partial charge in [-0.3, -0.25) is 9.97 Å². The zero-order chi connectivity index (χ0) is 40.5. The molecule has 0 radical (unpaired) electrons. The lowest BCUT2D eigenvalue weighted by Crippen LogP contribution is -2.36. The highest BCUT2D eigenvalue weighted by Crippen LogP contribution is 2.20. The smallest absolute Gasteiger partial charge is 0.444 e. The van der Waals surface area contributed by atoms with Crippen LogP contribution in [0.25, 0.3) is 0 Å². The summed E-state index contributed by atoms with van der Waals surface area (Å²) in [6.07, 6.45) is 2.41. The van der Waals surface area contributed by atoms with E-state index in [1.807, 2.05) is 93.6 Å². The first-order valence-corrected chi connectivity index (χ1v) is 18.9. The van der Waals surface area contributed by atoms with Crippen molar-refractivity contribution in [1.82, 2.24) is 15.3 Å². The van der Waals surface area contributed by atoms with Gasteiger partial charge in [-0.1, -0.05) is 68.1 Å². The molecule has 4 aromatic rings. The number of carbonyl (C=O) groups is 3. The molecule has 0 saturated carbocycles. The maximum atomic E-state index is 12.1. The minimum Gasteiger partial charge on any atom is -0.444 e. The van der Waals surface area contributed by atoms with Gasteiger partial charge >= 0.3 is 18.4 Å². The quantitative estimate of drug-likeness (QED) is 0.104. The first-order chi connectivity index (χ1) is 25.1. The van der Waals surface area contributed by atoms with Gasteiger partial charge in [-0.15, -0.1) is 0 Å². The Kier molecular flexibility index (Phi) is 20.3. The predicted molar refractivity (Wildman–Crippen MR) is 223 cm³/mol. The lowest BCUT2D eigenvalue weighted by molar-refractivity contribution is -0.0294. The molecule has 2 heterocycles. The molecule has 0 saturated heterocycles. The summed E-state index contributed by atoms with van der Waals surface area (Å²) in [5.74, 6) is 0. The highest BCUT2D eigenvalue weighted by molar-refractivity contribution is 9.10. The number of hydrogen-bond acceptors (Lipinski definition) is 10. The van der Waals surface area contributed by atoms with Crippen LogP contribution in [0.2, 0.25) is 0 Å². The van der Waals surface area contributed by atoms with Gasteiger partial charge in [0.25, 0.3) is 0 Å². The second kappa shape index (κ2) is 22.9. The molecule has 55 heavy (non-hydrogen) atoms. The van der Waals surface area contributed by atoms with Gasteiger partial charge in [0.05, 0.1) is 23.5 Å². The number of pyridine rings is 2. The Balaban J connectivity index is 0.000000422. The van der Waals surface area contributed by atoms with E-state index in [-0.39, 0.29) is 19.5 Å². The monoisotopic (exact) mass is 886 g/mol. The van der Waals surface area contributed by atoms with Crippen LogP contribution < -0.4 is 11.1 Å². The average Bonchev–Trinajstić information content (AvgIpc) is 3.04. The highest BCUT2D eigenvalue weighted by atomic mass is 79.9. The van der Waals surface area contributed by atoms with Gasteiger partial charge in [-0.05, 0) is 142 Å². The molecule has 300 valence electrons. The van der Waals surface area contributed by atoms with Crippen molar-refractivity contribution in [2.24, 2.45) is 5.73 Å². The molecular formula is C42H56Br2N4O7. The van der Waals surface area contributed by atoms with Crippen molar-refractivity contribution < 1.29 is 33.3 Å². The molecule has 2 aromatic carbocycles. The van der Waals surface area contributed by atoms with E-state index in [0.29, 0.717) is 6.42 Å². The number of amides is 1. The number of ether oxygens (including phenoxy) is 4. The van der Waals surface area contributed by atoms with Crippen LogP contribution in [-0.4, -0.2) is 45.2 Å². The Morgan fingerprint density at radius 3 is 1.40 bits per heavy atom. The zero-order valence-corrected chi connectivity index (χ0v) is 35.6. The molecule has 0 spiro atoms. The van der Waals surface area contributed by atoms with Gasteiger partial charge in [-0.2, -0.15) is 0 Å². The average molecular weight is 889 g/mol. The number of alkyl carbamates (subject to hydrolysis) is 1. The Bertz CT molecular complexity index is 1700. The Morgan fingerprint density at radius 1 is 0.618 bits per heavy atom. The van der Waals surface area contributed by atoms with Crippen molar-refractivity contribution in [3.05, 3.63) is 129 Å². The van der Waals surface area contributed by atoms with Crippen LogP contribution >= 0.6 is 31.9 Å². The number of hydrogen-bond donors (Lipinski definition) is 2. The van der Waals surface area contributed by atoms with Crippen LogP contribution in [0.4, 0.5) is 14.4 Å². The molecule has 0 fully saturated rings. The van der Waals surface area contributed by atoms with Gasteiger partial charge in [0.1, 0.15) is 16.8 Å². The fourth-order valence-corrected chi connectivity index (χ4v) is 4.78. The summed E-state index contributed by atoms with van der Waals surface area (Å²) in [6.45, 7) is 15.6. The van der Waals surface area contributed by atoms with Crippen LogP contribution in [0.1, 0.15) is 104 Å². The second-order valence-corrected chi connectivity index (χ2v) is 16.8. The lowest BCUT2D eigenvalue weighted by Gasteiger charge is -2.23. The second-order valence-electron chi connectivity index (χ2n) is 15.0. The number of halogens is 2. The van der Waals surface area contributed by atoms with Gasteiger partial charge in [0.2, 0.25) is 0 Å². The maximum Gasteiger partial charge on any atom is 0.519 e. The van der Waals surface area contributed by atoms with Crippen molar-refractivity contribution in [1.29, 1.82) is 0 Å². The predicted octanol–water partition coefficient (Wildman–Crippen LogP) is 11.2. The third-order valence-corrected chi connectivity index (χ3v) is 7.39. The third kappa shape index (κ3) is 22.6. The summed E-state index contributed by atoms with van der Waals surface area (Å²) < 4.78 is 21.0. The SMILES string of the molecule is C.CC(C)(C)OC(=O)N[C@@H](Cc1ccccc1)c1ccc(Br)cn1.CC(C)(C)OC(=O)OC(=O)OC(C)(C)C.N[C@@H](Cc1ccccc1)c1ccc(Br)cn1. The Labute approximate surface area is 343 Å². The summed E-state index contributed by atoms with van der Waals surface area (Å²) in [5, 5.41) is 2.92. The topological polar surface area (TPSA) is 152 Å². The van der Waals surface area contributed by atoms with E-state index in [0.717, 1.165) is 32.3 Å². The number of nitrogens with zero attached hydrogens (tertiary/aromatic N) is 2. The van der Waals surface area contributed by atoms with Crippen molar-refractivity contribution in [3.8, 4) is 0 Å². The summed E-state index contributed by atoms with van der Waals surface area (Å²) >= 11 is 6.74. The lowest BCUT2D eigenvalue weighted by atomic mass is 10.0. The summed E-state index contributed by atoms with van der Waals surface area (Å²) in [7, 11) is 0. The van der Waals surface area contributed by atoms with Gasteiger partial charge in [0, 0.05) is 21.3 Å². The number of nitrogens with one attached hydrogen (secondary N) is 1. The van der Waals surface area contributed by atoms with E-state index in [1.165, 1.54) is 5.56 Å². The minimum absolute atomic E-state index is 0. The number of nitrogens with two attached hydrogens (primary N) is 1.